The first-order valence-corrected chi connectivity index (χ1v) is 9.29. The zero-order chi connectivity index (χ0) is 17.6. The molecule has 1 aliphatic heterocycles. The van der Waals surface area contributed by atoms with Gasteiger partial charge in [0.05, 0.1) is 0 Å². The minimum Gasteiger partial charge on any atom is -0.325 e. The summed E-state index contributed by atoms with van der Waals surface area (Å²) in [5.74, 6) is -0.268. The van der Waals surface area contributed by atoms with E-state index in [2.05, 4.69) is 27.3 Å². The number of carbonyl (C=O) groups excluding carboxylic acids is 2. The predicted molar refractivity (Wildman–Crippen MR) is 102 cm³/mol. The summed E-state index contributed by atoms with van der Waals surface area (Å²) in [6.07, 6.45) is 2.06. The van der Waals surface area contributed by atoms with Gasteiger partial charge < -0.3 is 10.2 Å². The van der Waals surface area contributed by atoms with Crippen LogP contribution in [0.1, 0.15) is 25.3 Å². The topological polar surface area (TPSA) is 49.4 Å². The molecule has 1 fully saturated rings. The quantitative estimate of drug-likeness (QED) is 0.789. The Kier molecular flexibility index (Phi) is 3.91. The molecule has 0 saturated heterocycles. The molecule has 1 heterocycles. The first kappa shape index (κ1) is 16.3. The molecular formula is C20H19BrN2O2. The molecule has 2 amide bonds. The minimum absolute atomic E-state index is 0.0699. The Morgan fingerprint density at radius 3 is 2.48 bits per heavy atom. The summed E-state index contributed by atoms with van der Waals surface area (Å²) < 4.78 is 0.949. The lowest BCUT2D eigenvalue weighted by Gasteiger charge is -2.27. The number of rotatable bonds is 3. The summed E-state index contributed by atoms with van der Waals surface area (Å²) >= 11 is 3.38. The number of para-hydroxylation sites is 1. The van der Waals surface area contributed by atoms with Crippen LogP contribution in [0.3, 0.4) is 0 Å². The van der Waals surface area contributed by atoms with E-state index in [1.165, 1.54) is 5.56 Å². The van der Waals surface area contributed by atoms with Gasteiger partial charge in [-0.25, -0.2) is 0 Å². The molecular weight excluding hydrogens is 380 g/mol. The average molecular weight is 399 g/mol. The second-order valence-electron chi connectivity index (χ2n) is 6.90. The molecule has 2 aliphatic rings. The highest BCUT2D eigenvalue weighted by Crippen LogP contribution is 2.50. The molecule has 4 nitrogen and oxygen atoms in total. The van der Waals surface area contributed by atoms with Gasteiger partial charge in [0.25, 0.3) is 0 Å². The van der Waals surface area contributed by atoms with E-state index >= 15 is 0 Å². The zero-order valence-corrected chi connectivity index (χ0v) is 15.5. The van der Waals surface area contributed by atoms with Crippen LogP contribution in [0.5, 0.6) is 0 Å². The Morgan fingerprint density at radius 2 is 1.80 bits per heavy atom. The van der Waals surface area contributed by atoms with Gasteiger partial charge in [-0.1, -0.05) is 34.1 Å². The number of nitrogens with one attached hydrogen (secondary N) is 1. The molecule has 0 radical (unpaired) electrons. The first-order chi connectivity index (χ1) is 12.0. The van der Waals surface area contributed by atoms with Gasteiger partial charge in [0, 0.05) is 21.9 Å². The van der Waals surface area contributed by atoms with E-state index in [1.54, 1.807) is 0 Å². The summed E-state index contributed by atoms with van der Waals surface area (Å²) in [6, 6.07) is 15.5. The molecule has 1 atom stereocenters. The van der Waals surface area contributed by atoms with E-state index in [0.717, 1.165) is 16.6 Å². The van der Waals surface area contributed by atoms with E-state index in [-0.39, 0.29) is 17.9 Å². The number of anilines is 2. The van der Waals surface area contributed by atoms with Crippen LogP contribution < -0.4 is 10.2 Å². The molecule has 1 N–H and O–H groups in total. The maximum absolute atomic E-state index is 13.2. The Hall–Kier alpha value is -2.14. The lowest BCUT2D eigenvalue weighted by atomic mass is 10.0. The molecule has 2 aromatic carbocycles. The van der Waals surface area contributed by atoms with Crippen molar-refractivity contribution in [1.82, 2.24) is 0 Å². The van der Waals surface area contributed by atoms with Crippen LogP contribution in [0, 0.1) is 5.41 Å². The number of benzene rings is 2. The summed E-state index contributed by atoms with van der Waals surface area (Å²) in [4.78, 5) is 27.9. The highest BCUT2D eigenvalue weighted by molar-refractivity contribution is 9.10. The summed E-state index contributed by atoms with van der Waals surface area (Å²) in [5.41, 5.74) is 1.91. The van der Waals surface area contributed by atoms with Crippen LogP contribution in [-0.2, 0) is 16.0 Å². The molecule has 4 rings (SSSR count). The fraction of sp³-hybridized carbons (Fsp3) is 0.300. The molecule has 5 heteroatoms. The number of halogens is 1. The van der Waals surface area contributed by atoms with E-state index in [9.17, 15) is 9.59 Å². The van der Waals surface area contributed by atoms with Crippen molar-refractivity contribution >= 4 is 39.1 Å². The maximum atomic E-state index is 13.2. The Morgan fingerprint density at radius 1 is 1.12 bits per heavy atom. The maximum Gasteiger partial charge on any atom is 0.242 e. The van der Waals surface area contributed by atoms with Crippen LogP contribution in [0.4, 0.5) is 11.4 Å². The number of fused-ring (bicyclic) bond motifs is 1. The molecule has 2 aromatic rings. The second kappa shape index (κ2) is 5.99. The van der Waals surface area contributed by atoms with Gasteiger partial charge in [-0.15, -0.1) is 0 Å². The summed E-state index contributed by atoms with van der Waals surface area (Å²) in [5, 5.41) is 2.91. The average Bonchev–Trinajstić information content (AvgIpc) is 3.34. The molecule has 128 valence electrons. The molecule has 0 aromatic heterocycles. The van der Waals surface area contributed by atoms with Gasteiger partial charge in [0.2, 0.25) is 11.8 Å². The van der Waals surface area contributed by atoms with E-state index < -0.39 is 5.41 Å². The van der Waals surface area contributed by atoms with Gasteiger partial charge >= 0.3 is 0 Å². The molecule has 25 heavy (non-hydrogen) atoms. The van der Waals surface area contributed by atoms with Gasteiger partial charge in [-0.2, -0.15) is 0 Å². The number of hydrogen-bond donors (Lipinski definition) is 1. The Labute approximate surface area is 155 Å². The van der Waals surface area contributed by atoms with Crippen molar-refractivity contribution in [3.05, 3.63) is 58.6 Å². The van der Waals surface area contributed by atoms with Gasteiger partial charge in [0.1, 0.15) is 5.41 Å². The Bertz CT molecular complexity index is 843. The highest BCUT2D eigenvalue weighted by atomic mass is 79.9. The number of amides is 2. The van der Waals surface area contributed by atoms with E-state index in [0.29, 0.717) is 18.5 Å². The number of carbonyl (C=O) groups is 2. The predicted octanol–water partition coefficient (Wildman–Crippen LogP) is 4.15. The lowest BCUT2D eigenvalue weighted by molar-refractivity contribution is -0.132. The summed E-state index contributed by atoms with van der Waals surface area (Å²) in [6.45, 7) is 2.04. The van der Waals surface area contributed by atoms with Crippen molar-refractivity contribution in [1.29, 1.82) is 0 Å². The number of hydrogen-bond acceptors (Lipinski definition) is 2. The smallest absolute Gasteiger partial charge is 0.242 e. The monoisotopic (exact) mass is 398 g/mol. The van der Waals surface area contributed by atoms with Crippen molar-refractivity contribution in [3.63, 3.8) is 0 Å². The minimum atomic E-state index is -0.918. The third-order valence-electron chi connectivity index (χ3n) is 5.12. The van der Waals surface area contributed by atoms with Crippen molar-refractivity contribution in [2.75, 3.05) is 10.2 Å². The van der Waals surface area contributed by atoms with Gasteiger partial charge in [-0.3, -0.25) is 9.59 Å². The van der Waals surface area contributed by atoms with Crippen molar-refractivity contribution in [2.24, 2.45) is 5.41 Å². The Balaban J connectivity index is 1.57. The molecule has 1 unspecified atom stereocenters. The zero-order valence-electron chi connectivity index (χ0n) is 14.0. The molecule has 1 aliphatic carbocycles. The fourth-order valence-electron chi connectivity index (χ4n) is 3.55. The highest BCUT2D eigenvalue weighted by Gasteiger charge is 2.59. The van der Waals surface area contributed by atoms with Gasteiger partial charge in [-0.05, 0) is 62.1 Å². The van der Waals surface area contributed by atoms with E-state index in [1.807, 2.05) is 54.3 Å². The van der Waals surface area contributed by atoms with Crippen molar-refractivity contribution in [2.45, 2.75) is 32.2 Å². The molecule has 0 spiro atoms. The first-order valence-electron chi connectivity index (χ1n) is 8.50. The standard InChI is InChI=1S/C20H19BrN2O2/c1-13-12-14-4-2-3-5-17(14)23(13)19(25)20(10-11-20)18(24)22-16-8-6-15(21)7-9-16/h2-9,13H,10-12H2,1H3,(H,22,24). The third-order valence-corrected chi connectivity index (χ3v) is 5.65. The SMILES string of the molecule is CC1Cc2ccccc2N1C(=O)C1(C(=O)Nc2ccc(Br)cc2)CC1. The van der Waals surface area contributed by atoms with Crippen LogP contribution >= 0.6 is 15.9 Å². The fourth-order valence-corrected chi connectivity index (χ4v) is 3.82. The van der Waals surface area contributed by atoms with Crippen LogP contribution in [0.25, 0.3) is 0 Å². The molecule has 0 bridgehead atoms. The summed E-state index contributed by atoms with van der Waals surface area (Å²) in [7, 11) is 0. The molecule has 1 saturated carbocycles. The van der Waals surface area contributed by atoms with Gasteiger partial charge in [0.15, 0.2) is 0 Å². The normalized spacial score (nSPS) is 20.1. The van der Waals surface area contributed by atoms with Crippen molar-refractivity contribution in [3.8, 4) is 0 Å². The third kappa shape index (κ3) is 2.76. The largest absolute Gasteiger partial charge is 0.325 e. The van der Waals surface area contributed by atoms with Crippen molar-refractivity contribution < 1.29 is 9.59 Å². The second-order valence-corrected chi connectivity index (χ2v) is 7.82. The van der Waals surface area contributed by atoms with Crippen LogP contribution in [0.15, 0.2) is 53.0 Å². The number of nitrogens with zero attached hydrogens (tertiary/aromatic N) is 1. The van der Waals surface area contributed by atoms with E-state index in [4.69, 9.17) is 0 Å². The lowest BCUT2D eigenvalue weighted by Crippen LogP contribution is -2.45. The van der Waals surface area contributed by atoms with Crippen LogP contribution in [-0.4, -0.2) is 17.9 Å². The van der Waals surface area contributed by atoms with Crippen LogP contribution in [0.2, 0.25) is 0 Å².